The molecule has 1 aliphatic rings. The normalized spacial score (nSPS) is 14.6. The first-order valence-electron chi connectivity index (χ1n) is 13.6. The van der Waals surface area contributed by atoms with E-state index in [1.54, 1.807) is 24.3 Å². The number of carboxylic acid groups (broad SMARTS) is 1. The molecule has 4 rings (SSSR count). The number of urea groups is 1. The molecule has 3 aromatic carbocycles. The summed E-state index contributed by atoms with van der Waals surface area (Å²) >= 11 is 3.07. The summed E-state index contributed by atoms with van der Waals surface area (Å²) in [5.74, 6) is -0.970. The molecule has 11 heteroatoms. The molecule has 1 unspecified atom stereocenters. The Balaban J connectivity index is 1.56. The first kappa shape index (κ1) is 31.1. The Morgan fingerprint density at radius 1 is 0.905 bits per heavy atom. The second-order valence-corrected chi connectivity index (χ2v) is 11.2. The van der Waals surface area contributed by atoms with Crippen LogP contribution in [0, 0.1) is 0 Å². The van der Waals surface area contributed by atoms with Gasteiger partial charge < -0.3 is 21.1 Å². The van der Waals surface area contributed by atoms with Gasteiger partial charge in [-0.2, -0.15) is 13.2 Å². The molecule has 7 nitrogen and oxygen atoms in total. The highest BCUT2D eigenvalue weighted by atomic mass is 79.9. The molecule has 1 aliphatic carbocycles. The molecule has 0 aromatic heterocycles. The lowest BCUT2D eigenvalue weighted by atomic mass is 9.83. The number of benzene rings is 3. The smallest absolute Gasteiger partial charge is 0.416 e. The lowest BCUT2D eigenvalue weighted by Crippen LogP contribution is -2.33. The predicted molar refractivity (Wildman–Crippen MR) is 156 cm³/mol. The number of nitrogens with one attached hydrogen (secondary N) is 3. The zero-order valence-electron chi connectivity index (χ0n) is 22.6. The molecule has 1 saturated carbocycles. The molecule has 0 saturated heterocycles. The quantitative estimate of drug-likeness (QED) is 0.192. The van der Waals surface area contributed by atoms with E-state index in [1.165, 1.54) is 30.9 Å². The van der Waals surface area contributed by atoms with Crippen molar-refractivity contribution < 1.29 is 32.7 Å². The number of carbonyl (C=O) groups is 3. The average molecular weight is 647 g/mol. The van der Waals surface area contributed by atoms with Crippen LogP contribution in [0.3, 0.4) is 0 Å². The van der Waals surface area contributed by atoms with Crippen LogP contribution in [0.1, 0.15) is 83.1 Å². The van der Waals surface area contributed by atoms with Crippen LogP contribution < -0.4 is 16.0 Å². The highest BCUT2D eigenvalue weighted by Crippen LogP contribution is 2.35. The van der Waals surface area contributed by atoms with E-state index in [0.717, 1.165) is 30.5 Å². The van der Waals surface area contributed by atoms with Crippen molar-refractivity contribution >= 4 is 39.5 Å². The second kappa shape index (κ2) is 13.9. The van der Waals surface area contributed by atoms with Gasteiger partial charge in [0.1, 0.15) is 0 Å². The van der Waals surface area contributed by atoms with Crippen LogP contribution in [0.25, 0.3) is 0 Å². The van der Waals surface area contributed by atoms with Gasteiger partial charge in [-0.15, -0.1) is 0 Å². The maximum atomic E-state index is 13.3. The molecule has 3 aromatic rings. The number of anilines is 1. The van der Waals surface area contributed by atoms with Crippen molar-refractivity contribution in [3.8, 4) is 0 Å². The van der Waals surface area contributed by atoms with Crippen LogP contribution in [0.5, 0.6) is 0 Å². The molecule has 3 amide bonds. The van der Waals surface area contributed by atoms with Crippen LogP contribution in [0.15, 0.2) is 71.2 Å². The molecule has 1 atom stereocenters. The fourth-order valence-electron chi connectivity index (χ4n) is 5.09. The Kier molecular flexibility index (Phi) is 10.3. The third-order valence-corrected chi connectivity index (χ3v) is 7.69. The highest BCUT2D eigenvalue weighted by molar-refractivity contribution is 9.10. The van der Waals surface area contributed by atoms with Crippen LogP contribution in [-0.2, 0) is 11.0 Å². The summed E-state index contributed by atoms with van der Waals surface area (Å²) in [4.78, 5) is 36.2. The molecule has 0 spiro atoms. The Hall–Kier alpha value is -3.86. The number of hydrogen-bond acceptors (Lipinski definition) is 3. The van der Waals surface area contributed by atoms with E-state index in [0.29, 0.717) is 17.0 Å². The lowest BCUT2D eigenvalue weighted by Gasteiger charge is -2.24. The summed E-state index contributed by atoms with van der Waals surface area (Å²) in [5, 5.41) is 16.7. The van der Waals surface area contributed by atoms with Gasteiger partial charge in [0, 0.05) is 22.3 Å². The Morgan fingerprint density at radius 3 is 2.12 bits per heavy atom. The van der Waals surface area contributed by atoms with Gasteiger partial charge in [-0.05, 0) is 65.8 Å². The van der Waals surface area contributed by atoms with Crippen LogP contribution in [0.2, 0.25) is 0 Å². The zero-order valence-corrected chi connectivity index (χ0v) is 24.2. The minimum absolute atomic E-state index is 0.0146. The fourth-order valence-corrected chi connectivity index (χ4v) is 5.58. The number of carbonyl (C=O) groups excluding carboxylic acids is 2. The third-order valence-electron chi connectivity index (χ3n) is 7.24. The van der Waals surface area contributed by atoms with Gasteiger partial charge in [0.2, 0.25) is 0 Å². The van der Waals surface area contributed by atoms with Crippen LogP contribution in [0.4, 0.5) is 23.7 Å². The largest absolute Gasteiger partial charge is 0.481 e. The summed E-state index contributed by atoms with van der Waals surface area (Å²) in [5.41, 5.74) is 2.00. The van der Waals surface area contributed by atoms with Gasteiger partial charge in [-0.1, -0.05) is 71.6 Å². The van der Waals surface area contributed by atoms with Crippen molar-refractivity contribution in [2.45, 2.75) is 56.7 Å². The SMILES string of the molecule is O=C(O)CCNC(=O)c1ccc(C(NC(=O)Nc2cc(Br)cc(C(F)(F)F)c2)c2ccc(C3CCCCC3)cc2)cc1. The van der Waals surface area contributed by atoms with Crippen molar-refractivity contribution in [3.05, 3.63) is 99.0 Å². The maximum absolute atomic E-state index is 13.3. The summed E-state index contributed by atoms with van der Waals surface area (Å²) in [7, 11) is 0. The molecule has 42 heavy (non-hydrogen) atoms. The minimum atomic E-state index is -4.58. The molecule has 1 fully saturated rings. The molecular formula is C31H31BrF3N3O4. The van der Waals surface area contributed by atoms with Gasteiger partial charge in [-0.25, -0.2) is 4.79 Å². The molecule has 0 radical (unpaired) electrons. The van der Waals surface area contributed by atoms with E-state index in [1.807, 2.05) is 24.3 Å². The van der Waals surface area contributed by atoms with E-state index >= 15 is 0 Å². The molecular weight excluding hydrogens is 615 g/mol. The first-order chi connectivity index (χ1) is 20.0. The monoisotopic (exact) mass is 645 g/mol. The zero-order chi connectivity index (χ0) is 30.3. The highest BCUT2D eigenvalue weighted by Gasteiger charge is 2.31. The van der Waals surface area contributed by atoms with E-state index in [4.69, 9.17) is 5.11 Å². The average Bonchev–Trinajstić information content (AvgIpc) is 2.95. The van der Waals surface area contributed by atoms with E-state index < -0.39 is 35.7 Å². The van der Waals surface area contributed by atoms with Crippen LogP contribution >= 0.6 is 15.9 Å². The lowest BCUT2D eigenvalue weighted by molar-refractivity contribution is -0.138. The minimum Gasteiger partial charge on any atom is -0.481 e. The Labute approximate surface area is 250 Å². The molecule has 222 valence electrons. The van der Waals surface area contributed by atoms with Crippen molar-refractivity contribution in [2.24, 2.45) is 0 Å². The van der Waals surface area contributed by atoms with E-state index in [2.05, 4.69) is 31.9 Å². The van der Waals surface area contributed by atoms with Crippen molar-refractivity contribution in [1.29, 1.82) is 0 Å². The molecule has 0 heterocycles. The molecule has 4 N–H and O–H groups in total. The van der Waals surface area contributed by atoms with Crippen LogP contribution in [-0.4, -0.2) is 29.6 Å². The number of aliphatic carboxylic acids is 1. The topological polar surface area (TPSA) is 108 Å². The number of carboxylic acids is 1. The number of rotatable bonds is 9. The number of amides is 3. The fraction of sp³-hybridized carbons (Fsp3) is 0.323. The summed E-state index contributed by atoms with van der Waals surface area (Å²) < 4.78 is 40.1. The van der Waals surface area contributed by atoms with Crippen molar-refractivity contribution in [1.82, 2.24) is 10.6 Å². The van der Waals surface area contributed by atoms with Gasteiger partial charge in [-0.3, -0.25) is 9.59 Å². The number of alkyl halides is 3. The summed E-state index contributed by atoms with van der Waals surface area (Å²) in [6, 6.07) is 16.2. The number of halogens is 4. The van der Waals surface area contributed by atoms with Gasteiger partial charge in [0.05, 0.1) is 18.0 Å². The Morgan fingerprint density at radius 2 is 1.52 bits per heavy atom. The molecule has 0 bridgehead atoms. The summed E-state index contributed by atoms with van der Waals surface area (Å²) in [6.45, 7) is -0.0146. The van der Waals surface area contributed by atoms with Crippen molar-refractivity contribution in [2.75, 3.05) is 11.9 Å². The predicted octanol–water partition coefficient (Wildman–Crippen LogP) is 7.63. The molecule has 0 aliphatic heterocycles. The van der Waals surface area contributed by atoms with Gasteiger partial charge >= 0.3 is 18.2 Å². The van der Waals surface area contributed by atoms with E-state index in [9.17, 15) is 27.6 Å². The third kappa shape index (κ3) is 8.58. The number of hydrogen-bond donors (Lipinski definition) is 4. The maximum Gasteiger partial charge on any atom is 0.416 e. The first-order valence-corrected chi connectivity index (χ1v) is 14.4. The van der Waals surface area contributed by atoms with E-state index in [-0.39, 0.29) is 23.1 Å². The standard InChI is InChI=1S/C31H31BrF3N3O4/c32-25-16-24(31(33,34)35)17-26(18-25)37-30(42)38-28(21-8-6-20(7-9-21)19-4-2-1-3-5-19)22-10-12-23(13-11-22)29(41)36-15-14-27(39)40/h6-13,16-19,28H,1-5,14-15H2,(H,36,41)(H,39,40)(H2,37,38,42). The van der Waals surface area contributed by atoms with Crippen molar-refractivity contribution in [3.63, 3.8) is 0 Å². The summed E-state index contributed by atoms with van der Waals surface area (Å²) in [6.07, 6.45) is 1.10. The van der Waals surface area contributed by atoms with Gasteiger partial charge in [0.15, 0.2) is 0 Å². The Bertz CT molecular complexity index is 1410. The van der Waals surface area contributed by atoms with Gasteiger partial charge in [0.25, 0.3) is 5.91 Å². The second-order valence-electron chi connectivity index (χ2n) is 10.3.